The minimum atomic E-state index is -0.423. The summed E-state index contributed by atoms with van der Waals surface area (Å²) in [6.45, 7) is 2.11. The summed E-state index contributed by atoms with van der Waals surface area (Å²) in [5.74, 6) is 0.102. The number of imidazole rings is 1. The van der Waals surface area contributed by atoms with Crippen molar-refractivity contribution in [1.82, 2.24) is 29.6 Å². The number of anilines is 1. The van der Waals surface area contributed by atoms with E-state index in [2.05, 4.69) is 25.7 Å². The molecule has 0 radical (unpaired) electrons. The van der Waals surface area contributed by atoms with Crippen LogP contribution in [-0.2, 0) is 6.54 Å². The number of phenols is 1. The van der Waals surface area contributed by atoms with Gasteiger partial charge in [0.2, 0.25) is 0 Å². The normalized spacial score (nSPS) is 12.4. The number of rotatable bonds is 6. The summed E-state index contributed by atoms with van der Waals surface area (Å²) < 4.78 is 16.7. The molecule has 0 unspecified atom stereocenters. The number of phenolic OH excluding ortho intramolecular Hbond substituents is 1. The van der Waals surface area contributed by atoms with Gasteiger partial charge in [0.05, 0.1) is 31.6 Å². The molecule has 9 nitrogen and oxygen atoms in total. The average molecular weight is 383 g/mol. The Balaban J connectivity index is 1.64. The third-order valence-corrected chi connectivity index (χ3v) is 4.31. The van der Waals surface area contributed by atoms with Gasteiger partial charge in [0.15, 0.2) is 5.65 Å². The van der Waals surface area contributed by atoms with E-state index in [1.54, 1.807) is 36.0 Å². The zero-order valence-electron chi connectivity index (χ0n) is 15.0. The van der Waals surface area contributed by atoms with Gasteiger partial charge >= 0.3 is 0 Å². The van der Waals surface area contributed by atoms with Gasteiger partial charge in [-0.1, -0.05) is 5.21 Å². The van der Waals surface area contributed by atoms with Crippen LogP contribution in [-0.4, -0.2) is 46.4 Å². The Hall–Kier alpha value is -3.53. The van der Waals surface area contributed by atoms with Crippen molar-refractivity contribution in [2.75, 3.05) is 11.9 Å². The first-order valence-electron chi connectivity index (χ1n) is 8.66. The molecule has 1 aromatic carbocycles. The number of benzene rings is 1. The summed E-state index contributed by atoms with van der Waals surface area (Å²) >= 11 is 0. The summed E-state index contributed by atoms with van der Waals surface area (Å²) in [5, 5.41) is 34.7. The fraction of sp³-hybridized carbons (Fsp3) is 0.222. The molecule has 4 aromatic rings. The number of halogens is 1. The standard InChI is InChI=1S/C18H18FN7O2/c1-11(13-8-12(19)2-3-16(13)28)21-17-4-5-18-20-9-15(26(18)23-17)14-10-25(6-7-27)24-22-14/h2-5,8-11,27-28H,6-7H2,1H3,(H,21,23)/t11-/m1/s1. The van der Waals surface area contributed by atoms with Crippen molar-refractivity contribution in [3.8, 4) is 17.1 Å². The maximum absolute atomic E-state index is 13.5. The molecule has 28 heavy (non-hydrogen) atoms. The van der Waals surface area contributed by atoms with Crippen LogP contribution in [0.5, 0.6) is 5.75 Å². The van der Waals surface area contributed by atoms with E-state index in [4.69, 9.17) is 5.11 Å². The zero-order valence-corrected chi connectivity index (χ0v) is 15.0. The summed E-state index contributed by atoms with van der Waals surface area (Å²) in [4.78, 5) is 4.31. The lowest BCUT2D eigenvalue weighted by atomic mass is 10.1. The van der Waals surface area contributed by atoms with Gasteiger partial charge in [0.25, 0.3) is 0 Å². The highest BCUT2D eigenvalue weighted by atomic mass is 19.1. The SMILES string of the molecule is C[C@@H](Nc1ccc2ncc(-c3cn(CCO)nn3)n2n1)c1cc(F)ccc1O. The first-order valence-corrected chi connectivity index (χ1v) is 8.66. The van der Waals surface area contributed by atoms with E-state index < -0.39 is 5.82 Å². The third kappa shape index (κ3) is 3.37. The lowest BCUT2D eigenvalue weighted by molar-refractivity contribution is 0.268. The van der Waals surface area contributed by atoms with E-state index in [9.17, 15) is 9.50 Å². The second kappa shape index (κ2) is 7.24. The van der Waals surface area contributed by atoms with Crippen molar-refractivity contribution < 1.29 is 14.6 Å². The van der Waals surface area contributed by atoms with Gasteiger partial charge in [-0.05, 0) is 37.3 Å². The maximum Gasteiger partial charge on any atom is 0.154 e. The number of hydrogen-bond donors (Lipinski definition) is 3. The zero-order chi connectivity index (χ0) is 19.7. The molecule has 1 atom stereocenters. The highest BCUT2D eigenvalue weighted by Gasteiger charge is 2.15. The number of aliphatic hydroxyl groups is 1. The molecular formula is C18H18FN7O2. The number of nitrogens with zero attached hydrogens (tertiary/aromatic N) is 6. The van der Waals surface area contributed by atoms with E-state index in [-0.39, 0.29) is 18.4 Å². The van der Waals surface area contributed by atoms with Gasteiger partial charge in [-0.2, -0.15) is 0 Å². The molecule has 0 amide bonds. The van der Waals surface area contributed by atoms with Crippen LogP contribution in [0, 0.1) is 5.82 Å². The predicted octanol–water partition coefficient (Wildman–Crippen LogP) is 2.00. The second-order valence-electron chi connectivity index (χ2n) is 6.29. The smallest absolute Gasteiger partial charge is 0.154 e. The minimum Gasteiger partial charge on any atom is -0.508 e. The molecule has 3 N–H and O–H groups in total. The lowest BCUT2D eigenvalue weighted by Crippen LogP contribution is -2.10. The van der Waals surface area contributed by atoms with Crippen LogP contribution in [0.4, 0.5) is 10.2 Å². The predicted molar refractivity (Wildman–Crippen MR) is 99.2 cm³/mol. The van der Waals surface area contributed by atoms with Gasteiger partial charge in [-0.25, -0.2) is 18.6 Å². The molecule has 0 fully saturated rings. The molecule has 0 aliphatic carbocycles. The number of nitrogens with one attached hydrogen (secondary N) is 1. The monoisotopic (exact) mass is 383 g/mol. The molecular weight excluding hydrogens is 365 g/mol. The van der Waals surface area contributed by atoms with Crippen molar-refractivity contribution in [1.29, 1.82) is 0 Å². The maximum atomic E-state index is 13.5. The highest BCUT2D eigenvalue weighted by molar-refractivity contribution is 5.59. The molecule has 3 heterocycles. The lowest BCUT2D eigenvalue weighted by Gasteiger charge is -2.16. The first kappa shape index (κ1) is 17.9. The summed E-state index contributed by atoms with van der Waals surface area (Å²) in [6.07, 6.45) is 3.34. The van der Waals surface area contributed by atoms with E-state index in [0.29, 0.717) is 35.0 Å². The quantitative estimate of drug-likeness (QED) is 0.467. The second-order valence-corrected chi connectivity index (χ2v) is 6.29. The summed E-state index contributed by atoms with van der Waals surface area (Å²) in [7, 11) is 0. The van der Waals surface area contributed by atoms with E-state index in [1.165, 1.54) is 22.9 Å². The van der Waals surface area contributed by atoms with Crippen LogP contribution in [0.25, 0.3) is 17.0 Å². The number of aromatic nitrogens is 6. The Kier molecular flexibility index (Phi) is 4.62. The molecule has 4 rings (SSSR count). The number of fused-ring (bicyclic) bond motifs is 1. The summed E-state index contributed by atoms with van der Waals surface area (Å²) in [6, 6.07) is 6.98. The Bertz CT molecular complexity index is 1120. The van der Waals surface area contributed by atoms with Crippen LogP contribution in [0.3, 0.4) is 0 Å². The first-order chi connectivity index (χ1) is 13.5. The Morgan fingerprint density at radius 2 is 2.11 bits per heavy atom. The Morgan fingerprint density at radius 1 is 1.25 bits per heavy atom. The molecule has 0 aliphatic heterocycles. The average Bonchev–Trinajstić information content (AvgIpc) is 3.30. The van der Waals surface area contributed by atoms with Crippen molar-refractivity contribution in [2.45, 2.75) is 19.5 Å². The van der Waals surface area contributed by atoms with E-state index in [0.717, 1.165) is 0 Å². The largest absolute Gasteiger partial charge is 0.508 e. The molecule has 0 saturated heterocycles. The van der Waals surface area contributed by atoms with Crippen molar-refractivity contribution in [2.24, 2.45) is 0 Å². The number of aromatic hydroxyl groups is 1. The third-order valence-electron chi connectivity index (χ3n) is 4.31. The van der Waals surface area contributed by atoms with E-state index >= 15 is 0 Å². The Morgan fingerprint density at radius 3 is 2.93 bits per heavy atom. The van der Waals surface area contributed by atoms with Crippen LogP contribution in [0.15, 0.2) is 42.7 Å². The van der Waals surface area contributed by atoms with Crippen LogP contribution in [0.2, 0.25) is 0 Å². The van der Waals surface area contributed by atoms with E-state index in [1.807, 2.05) is 0 Å². The minimum absolute atomic E-state index is 0.00583. The van der Waals surface area contributed by atoms with Crippen LogP contribution >= 0.6 is 0 Å². The molecule has 3 aromatic heterocycles. The molecule has 0 saturated carbocycles. The number of hydrogen-bond acceptors (Lipinski definition) is 7. The topological polar surface area (TPSA) is 113 Å². The van der Waals surface area contributed by atoms with Gasteiger partial charge in [0.1, 0.15) is 28.8 Å². The highest BCUT2D eigenvalue weighted by Crippen LogP contribution is 2.27. The Labute approximate surface area is 159 Å². The van der Waals surface area contributed by atoms with Crippen molar-refractivity contribution >= 4 is 11.5 Å². The molecule has 10 heteroatoms. The molecule has 0 bridgehead atoms. The van der Waals surface area contributed by atoms with Crippen molar-refractivity contribution in [3.63, 3.8) is 0 Å². The van der Waals surface area contributed by atoms with Gasteiger partial charge in [-0.15, -0.1) is 10.2 Å². The molecule has 0 spiro atoms. The fourth-order valence-corrected chi connectivity index (χ4v) is 2.92. The number of aliphatic hydroxyl groups excluding tert-OH is 1. The van der Waals surface area contributed by atoms with Gasteiger partial charge < -0.3 is 15.5 Å². The van der Waals surface area contributed by atoms with Crippen LogP contribution in [0.1, 0.15) is 18.5 Å². The molecule has 144 valence electrons. The molecule has 0 aliphatic rings. The summed E-state index contributed by atoms with van der Waals surface area (Å²) in [5.41, 5.74) is 2.27. The van der Waals surface area contributed by atoms with Crippen molar-refractivity contribution in [3.05, 3.63) is 54.1 Å². The van der Waals surface area contributed by atoms with Gasteiger partial charge in [0, 0.05) is 5.56 Å². The van der Waals surface area contributed by atoms with Gasteiger partial charge in [-0.3, -0.25) is 0 Å². The fourth-order valence-electron chi connectivity index (χ4n) is 2.92. The van der Waals surface area contributed by atoms with Crippen LogP contribution < -0.4 is 5.32 Å².